The number of allylic oxidation sites excluding steroid dienone is 2. The van der Waals surface area contributed by atoms with Crippen LogP contribution in [0.3, 0.4) is 0 Å². The van der Waals surface area contributed by atoms with Crippen molar-refractivity contribution in [1.82, 2.24) is 0 Å². The fourth-order valence-electron chi connectivity index (χ4n) is 3.80. The second kappa shape index (κ2) is 14.4. The van der Waals surface area contributed by atoms with Crippen molar-refractivity contribution in [2.75, 3.05) is 0 Å². The van der Waals surface area contributed by atoms with E-state index in [0.717, 1.165) is 37.7 Å². The maximum absolute atomic E-state index is 9.13. The number of aryl methyl sites for hydroxylation is 2. The molecule has 0 aromatic heterocycles. The number of unbranched alkanes of at least 4 members (excludes halogenated alkanes) is 4. The standard InChI is InChI=1S/C29H38N2/c1-4-7-10-14-24-17-19-27(20-18-24)29(22-26(23-31-30)13-9-6-3)28-16-11-15-25(21-28)12-8-5-2/h11,15-22H,4-10,12-14H2,1-3H3. The van der Waals surface area contributed by atoms with Gasteiger partial charge in [-0.3, -0.25) is 0 Å². The zero-order valence-electron chi connectivity index (χ0n) is 19.7. The first-order valence-corrected chi connectivity index (χ1v) is 12.1. The summed E-state index contributed by atoms with van der Waals surface area (Å²) in [6.07, 6.45) is 13.6. The lowest BCUT2D eigenvalue weighted by Crippen LogP contribution is -1.94. The summed E-state index contributed by atoms with van der Waals surface area (Å²) in [6, 6.07) is 17.9. The second-order valence-corrected chi connectivity index (χ2v) is 8.36. The van der Waals surface area contributed by atoms with E-state index in [1.165, 1.54) is 59.9 Å². The van der Waals surface area contributed by atoms with Gasteiger partial charge in [-0.15, -0.1) is 4.79 Å². The SMILES string of the molecule is CCCCCc1ccc(C(=CC(=C=[N+]=[N-])CCCC)c2cccc(CCCC)c2)cc1. The van der Waals surface area contributed by atoms with Gasteiger partial charge in [-0.1, -0.05) is 95.0 Å². The third kappa shape index (κ3) is 8.54. The summed E-state index contributed by atoms with van der Waals surface area (Å²) in [5.41, 5.74) is 16.4. The van der Waals surface area contributed by atoms with E-state index in [-0.39, 0.29) is 0 Å². The molecule has 0 aliphatic carbocycles. The van der Waals surface area contributed by atoms with E-state index in [0.29, 0.717) is 0 Å². The molecule has 0 spiro atoms. The fraction of sp³-hybridized carbons (Fsp3) is 0.448. The number of rotatable bonds is 13. The highest BCUT2D eigenvalue weighted by molar-refractivity contribution is 5.83. The molecule has 0 fully saturated rings. The van der Waals surface area contributed by atoms with Crippen LogP contribution in [0.1, 0.15) is 94.4 Å². The molecule has 164 valence electrons. The zero-order chi connectivity index (χ0) is 22.3. The minimum atomic E-state index is 0.856. The largest absolute Gasteiger partial charge is 0.348 e. The van der Waals surface area contributed by atoms with E-state index >= 15 is 0 Å². The van der Waals surface area contributed by atoms with Crippen molar-refractivity contribution in [3.8, 4) is 0 Å². The Kier molecular flexibility index (Phi) is 11.4. The maximum Gasteiger partial charge on any atom is 0.303 e. The lowest BCUT2D eigenvalue weighted by atomic mass is 9.92. The van der Waals surface area contributed by atoms with E-state index in [2.05, 4.69) is 86.0 Å². The van der Waals surface area contributed by atoms with E-state index in [1.54, 1.807) is 0 Å². The van der Waals surface area contributed by atoms with E-state index < -0.39 is 0 Å². The van der Waals surface area contributed by atoms with E-state index in [9.17, 15) is 0 Å². The summed E-state index contributed by atoms with van der Waals surface area (Å²) >= 11 is 0. The summed E-state index contributed by atoms with van der Waals surface area (Å²) in [6.45, 7) is 6.65. The Bertz CT molecular complexity index is 908. The van der Waals surface area contributed by atoms with Crippen LogP contribution in [0.2, 0.25) is 0 Å². The highest BCUT2D eigenvalue weighted by Crippen LogP contribution is 2.27. The van der Waals surface area contributed by atoms with Crippen LogP contribution in [0, 0.1) is 0 Å². The van der Waals surface area contributed by atoms with Gasteiger partial charge in [-0.2, -0.15) is 0 Å². The lowest BCUT2D eigenvalue weighted by Gasteiger charge is -2.12. The molecule has 0 saturated carbocycles. The minimum Gasteiger partial charge on any atom is -0.348 e. The van der Waals surface area contributed by atoms with Crippen LogP contribution in [0.4, 0.5) is 0 Å². The number of hydrogen-bond acceptors (Lipinski definition) is 0. The summed E-state index contributed by atoms with van der Waals surface area (Å²) in [4.78, 5) is 3.21. The van der Waals surface area contributed by atoms with Crippen molar-refractivity contribution in [2.24, 2.45) is 0 Å². The Balaban J connectivity index is 2.44. The summed E-state index contributed by atoms with van der Waals surface area (Å²) < 4.78 is 0. The molecule has 2 rings (SSSR count). The third-order valence-corrected chi connectivity index (χ3v) is 5.70. The van der Waals surface area contributed by atoms with Gasteiger partial charge in [0.1, 0.15) is 0 Å². The molecule has 0 saturated heterocycles. The van der Waals surface area contributed by atoms with Gasteiger partial charge in [0.05, 0.1) is 5.57 Å². The van der Waals surface area contributed by atoms with Gasteiger partial charge in [0.15, 0.2) is 0 Å². The number of hydrogen-bond donors (Lipinski definition) is 0. The smallest absolute Gasteiger partial charge is 0.303 e. The van der Waals surface area contributed by atoms with Crippen molar-refractivity contribution in [3.05, 3.63) is 88.0 Å². The minimum absolute atomic E-state index is 0.856. The molecule has 0 N–H and O–H groups in total. The van der Waals surface area contributed by atoms with Crippen LogP contribution in [-0.2, 0) is 12.8 Å². The van der Waals surface area contributed by atoms with Crippen molar-refractivity contribution < 1.29 is 4.79 Å². The lowest BCUT2D eigenvalue weighted by molar-refractivity contribution is 0.00746. The zero-order valence-corrected chi connectivity index (χ0v) is 19.7. The molecule has 0 amide bonds. The average Bonchev–Trinajstić information content (AvgIpc) is 2.80. The van der Waals surface area contributed by atoms with E-state index in [4.69, 9.17) is 5.53 Å². The summed E-state index contributed by atoms with van der Waals surface area (Å²) in [5.74, 6) is 2.80. The molecule has 2 aromatic rings. The highest BCUT2D eigenvalue weighted by Gasteiger charge is 2.09. The van der Waals surface area contributed by atoms with Crippen LogP contribution in [0.25, 0.3) is 11.1 Å². The van der Waals surface area contributed by atoms with Crippen LogP contribution in [0.15, 0.2) is 60.2 Å². The average molecular weight is 415 g/mol. The van der Waals surface area contributed by atoms with Crippen molar-refractivity contribution in [1.29, 1.82) is 0 Å². The van der Waals surface area contributed by atoms with Gasteiger partial charge in [-0.25, -0.2) is 0 Å². The molecular formula is C29H38N2. The Hall–Kier alpha value is -2.66. The normalized spacial score (nSPS) is 11.1. The van der Waals surface area contributed by atoms with Crippen molar-refractivity contribution in [3.63, 3.8) is 0 Å². The van der Waals surface area contributed by atoms with Gasteiger partial charge in [-0.05, 0) is 72.4 Å². The number of nitrogens with zero attached hydrogens (tertiary/aromatic N) is 2. The molecule has 0 unspecified atom stereocenters. The van der Waals surface area contributed by atoms with Gasteiger partial charge in [0.2, 0.25) is 0 Å². The highest BCUT2D eigenvalue weighted by atomic mass is 14.8. The number of benzene rings is 2. The Morgan fingerprint density at radius 1 is 0.806 bits per heavy atom. The third-order valence-electron chi connectivity index (χ3n) is 5.70. The first-order valence-electron chi connectivity index (χ1n) is 12.1. The molecule has 31 heavy (non-hydrogen) atoms. The van der Waals surface area contributed by atoms with Gasteiger partial charge in [0.25, 0.3) is 0 Å². The molecule has 0 aliphatic rings. The topological polar surface area (TPSA) is 36.4 Å². The summed E-state index contributed by atoms with van der Waals surface area (Å²) in [5, 5.41) is 0. The van der Waals surface area contributed by atoms with Crippen LogP contribution >= 0.6 is 0 Å². The molecule has 0 bridgehead atoms. The van der Waals surface area contributed by atoms with Gasteiger partial charge in [0, 0.05) is 0 Å². The molecule has 2 nitrogen and oxygen atoms in total. The van der Waals surface area contributed by atoms with Crippen LogP contribution < -0.4 is 0 Å². The Morgan fingerprint density at radius 2 is 1.52 bits per heavy atom. The van der Waals surface area contributed by atoms with Crippen LogP contribution in [0.5, 0.6) is 0 Å². The van der Waals surface area contributed by atoms with Crippen molar-refractivity contribution >= 4 is 11.4 Å². The fourth-order valence-corrected chi connectivity index (χ4v) is 3.80. The van der Waals surface area contributed by atoms with Gasteiger partial charge < -0.3 is 5.53 Å². The molecule has 2 aromatic carbocycles. The quantitative estimate of drug-likeness (QED) is 0.104. The monoisotopic (exact) mass is 414 g/mol. The van der Waals surface area contributed by atoms with Gasteiger partial charge >= 0.3 is 5.87 Å². The maximum atomic E-state index is 9.13. The van der Waals surface area contributed by atoms with Crippen molar-refractivity contribution in [2.45, 2.75) is 85.0 Å². The molecule has 0 heterocycles. The van der Waals surface area contributed by atoms with E-state index in [1.807, 2.05) is 0 Å². The molecule has 0 atom stereocenters. The van der Waals surface area contributed by atoms with Crippen LogP contribution in [-0.4, -0.2) is 10.7 Å². The first kappa shape index (κ1) is 24.6. The Morgan fingerprint density at radius 3 is 2.19 bits per heavy atom. The second-order valence-electron chi connectivity index (χ2n) is 8.36. The molecule has 2 heteroatoms. The summed E-state index contributed by atoms with van der Waals surface area (Å²) in [7, 11) is 0. The predicted octanol–water partition coefficient (Wildman–Crippen LogP) is 8.21. The molecule has 0 radical (unpaired) electrons. The Labute approximate surface area is 189 Å². The molecular weight excluding hydrogens is 376 g/mol. The first-order chi connectivity index (χ1) is 15.2. The predicted molar refractivity (Wildman–Crippen MR) is 133 cm³/mol. The molecule has 0 aliphatic heterocycles.